The Bertz CT molecular complexity index is 921. The van der Waals surface area contributed by atoms with Gasteiger partial charge in [-0.25, -0.2) is 0 Å². The summed E-state index contributed by atoms with van der Waals surface area (Å²) >= 11 is 3.62. The molecule has 0 nitrogen and oxygen atoms in total. The highest BCUT2D eigenvalue weighted by Gasteiger charge is 2.45. The number of rotatable bonds is 6. The van der Waals surface area contributed by atoms with E-state index in [1.807, 2.05) is 0 Å². The summed E-state index contributed by atoms with van der Waals surface area (Å²) in [6, 6.07) is 42.2. The fraction of sp³-hybridized carbons (Fsp3) is 0.0769. The van der Waals surface area contributed by atoms with Crippen LogP contribution in [0, 0.1) is 0 Å². The van der Waals surface area contributed by atoms with Gasteiger partial charge in [-0.1, -0.05) is 94.8 Å². The monoisotopic (exact) mass is 524 g/mol. The van der Waals surface area contributed by atoms with Gasteiger partial charge in [0.05, 0.1) is 6.16 Å². The lowest BCUT2D eigenvalue weighted by Gasteiger charge is -2.28. The minimum absolute atomic E-state index is 0. The van der Waals surface area contributed by atoms with E-state index in [1.54, 1.807) is 0 Å². The highest BCUT2D eigenvalue weighted by atomic mass is 79.9. The van der Waals surface area contributed by atoms with Crippen LogP contribution in [-0.2, 0) is 11.5 Å². The predicted molar refractivity (Wildman–Crippen MR) is 128 cm³/mol. The molecule has 0 aliphatic rings. The highest BCUT2D eigenvalue weighted by Crippen LogP contribution is 2.58. The molecule has 4 aromatic carbocycles. The van der Waals surface area contributed by atoms with E-state index in [1.165, 1.54) is 27.0 Å². The van der Waals surface area contributed by atoms with E-state index < -0.39 is 7.26 Å². The second-order valence-corrected chi connectivity index (χ2v) is 11.0. The largest absolute Gasteiger partial charge is 1.00 e. The Balaban J connectivity index is 0.00000240. The summed E-state index contributed by atoms with van der Waals surface area (Å²) in [6.07, 6.45) is 1.02. The molecule has 4 rings (SSSR count). The van der Waals surface area contributed by atoms with Crippen LogP contribution >= 0.6 is 23.2 Å². The molecule has 0 unspecified atom stereocenters. The molecule has 0 aromatic heterocycles. The van der Waals surface area contributed by atoms with Crippen molar-refractivity contribution in [1.29, 1.82) is 0 Å². The normalized spacial score (nSPS) is 10.9. The molecule has 0 amide bonds. The molecule has 0 aliphatic carbocycles. The summed E-state index contributed by atoms with van der Waals surface area (Å²) in [7, 11) is -1.82. The molecule has 0 fully saturated rings. The zero-order valence-electron chi connectivity index (χ0n) is 16.1. The molecule has 0 spiro atoms. The van der Waals surface area contributed by atoms with Crippen LogP contribution in [0.5, 0.6) is 0 Å². The van der Waals surface area contributed by atoms with Crippen molar-refractivity contribution in [2.24, 2.45) is 0 Å². The summed E-state index contributed by atoms with van der Waals surface area (Å²) in [5.41, 5.74) is 2.71. The first-order chi connectivity index (χ1) is 13.8. The van der Waals surface area contributed by atoms with Crippen molar-refractivity contribution in [1.82, 2.24) is 0 Å². The maximum absolute atomic E-state index is 3.62. The van der Waals surface area contributed by atoms with E-state index >= 15 is 0 Å². The Labute approximate surface area is 193 Å². The van der Waals surface area contributed by atoms with Crippen LogP contribution in [0.25, 0.3) is 0 Å². The van der Waals surface area contributed by atoms with E-state index in [0.29, 0.717) is 0 Å². The lowest BCUT2D eigenvalue weighted by Crippen LogP contribution is -3.00. The maximum atomic E-state index is 3.62. The molecule has 0 aliphatic heterocycles. The van der Waals surface area contributed by atoms with Gasteiger partial charge in [-0.3, -0.25) is 0 Å². The van der Waals surface area contributed by atoms with E-state index in [9.17, 15) is 0 Å². The van der Waals surface area contributed by atoms with Gasteiger partial charge in [0.1, 0.15) is 23.2 Å². The first-order valence-electron chi connectivity index (χ1n) is 9.51. The molecule has 0 saturated carbocycles. The number of hydrogen-bond donors (Lipinski definition) is 0. The molecule has 29 heavy (non-hydrogen) atoms. The molecule has 0 heterocycles. The Morgan fingerprint density at radius 2 is 0.931 bits per heavy atom. The second kappa shape index (κ2) is 10.3. The summed E-state index contributed by atoms with van der Waals surface area (Å²) in [5, 5.41) is 5.17. The summed E-state index contributed by atoms with van der Waals surface area (Å²) in [5.74, 6) is 0. The summed E-state index contributed by atoms with van der Waals surface area (Å²) < 4.78 is 0. The highest BCUT2D eigenvalue weighted by molar-refractivity contribution is 9.08. The number of hydrogen-bond acceptors (Lipinski definition) is 0. The fourth-order valence-corrected chi connectivity index (χ4v) is 8.43. The first kappa shape index (κ1) is 22.0. The summed E-state index contributed by atoms with van der Waals surface area (Å²) in [6.45, 7) is 0. The van der Waals surface area contributed by atoms with Crippen molar-refractivity contribution in [3.05, 3.63) is 126 Å². The molecule has 0 bridgehead atoms. The average Bonchev–Trinajstić information content (AvgIpc) is 2.79. The third-order valence-electron chi connectivity index (χ3n) is 5.16. The smallest absolute Gasteiger partial charge is 0.116 e. The summed E-state index contributed by atoms with van der Waals surface area (Å²) in [4.78, 5) is 0. The van der Waals surface area contributed by atoms with Crippen molar-refractivity contribution in [2.45, 2.75) is 11.5 Å². The van der Waals surface area contributed by atoms with Crippen molar-refractivity contribution in [2.75, 3.05) is 0 Å². The molecular weight excluding hydrogens is 503 g/mol. The third-order valence-corrected chi connectivity index (χ3v) is 10.2. The maximum Gasteiger partial charge on any atom is 0.116 e. The Morgan fingerprint density at radius 3 is 1.34 bits per heavy atom. The molecule has 0 saturated heterocycles. The average molecular weight is 526 g/mol. The van der Waals surface area contributed by atoms with Crippen molar-refractivity contribution in [3.63, 3.8) is 0 Å². The van der Waals surface area contributed by atoms with Crippen molar-refractivity contribution < 1.29 is 17.0 Å². The molecule has 0 atom stereocenters. The molecule has 0 radical (unpaired) electrons. The third kappa shape index (κ3) is 4.72. The Hall–Kier alpha value is -1.73. The van der Waals surface area contributed by atoms with Gasteiger partial charge in [0.15, 0.2) is 0 Å². The van der Waals surface area contributed by atoms with Crippen LogP contribution < -0.4 is 32.9 Å². The lowest BCUT2D eigenvalue weighted by molar-refractivity contribution is -0.00000537. The van der Waals surface area contributed by atoms with Gasteiger partial charge >= 0.3 is 0 Å². The minimum atomic E-state index is -1.82. The van der Waals surface area contributed by atoms with Crippen LogP contribution in [0.3, 0.4) is 0 Å². The van der Waals surface area contributed by atoms with E-state index in [4.69, 9.17) is 0 Å². The van der Waals surface area contributed by atoms with Crippen LogP contribution in [-0.4, -0.2) is 0 Å². The van der Waals surface area contributed by atoms with Crippen molar-refractivity contribution >= 4 is 39.1 Å². The van der Waals surface area contributed by atoms with Crippen LogP contribution in [0.1, 0.15) is 11.1 Å². The zero-order valence-corrected chi connectivity index (χ0v) is 20.2. The Kier molecular flexibility index (Phi) is 7.84. The number of alkyl halides is 1. The van der Waals surface area contributed by atoms with Gasteiger partial charge in [-0.05, 0) is 47.5 Å². The molecule has 4 aromatic rings. The number of halogens is 2. The van der Waals surface area contributed by atoms with Gasteiger partial charge in [-0.2, -0.15) is 0 Å². The molecule has 3 heteroatoms. The van der Waals surface area contributed by atoms with Gasteiger partial charge in [-0.15, -0.1) is 0 Å². The van der Waals surface area contributed by atoms with Gasteiger partial charge in [0.2, 0.25) is 0 Å². The SMILES string of the molecule is BrCc1cccc(C[P+](c2ccccc2)(c2ccccc2)c2ccccc2)c1.[Br-]. The Morgan fingerprint density at radius 1 is 0.517 bits per heavy atom. The van der Waals surface area contributed by atoms with Crippen molar-refractivity contribution in [3.8, 4) is 0 Å². The molecule has 0 N–H and O–H groups in total. The second-order valence-electron chi connectivity index (χ2n) is 6.93. The zero-order chi connectivity index (χ0) is 19.2. The van der Waals surface area contributed by atoms with Crippen LogP contribution in [0.4, 0.5) is 0 Å². The van der Waals surface area contributed by atoms with Crippen LogP contribution in [0.15, 0.2) is 115 Å². The van der Waals surface area contributed by atoms with Crippen LogP contribution in [0.2, 0.25) is 0 Å². The quantitative estimate of drug-likeness (QED) is 0.268. The topological polar surface area (TPSA) is 0 Å². The predicted octanol–water partition coefficient (Wildman–Crippen LogP) is 3.08. The minimum Gasteiger partial charge on any atom is -1.00 e. The van der Waals surface area contributed by atoms with E-state index in [0.717, 1.165) is 11.5 Å². The van der Waals surface area contributed by atoms with E-state index in [-0.39, 0.29) is 17.0 Å². The molecular formula is C26H23Br2P. The van der Waals surface area contributed by atoms with Gasteiger partial charge in [0.25, 0.3) is 0 Å². The standard InChI is InChI=1S/C26H23BrP.BrH/c27-20-22-11-10-12-23(19-22)21-28(24-13-4-1-5-14-24,25-15-6-2-7-16-25)26-17-8-3-9-18-26;/h1-19H,20-21H2;1H/q+1;/p-1. The fourth-order valence-electron chi connectivity index (χ4n) is 3.85. The van der Waals surface area contributed by atoms with Gasteiger partial charge < -0.3 is 17.0 Å². The lowest BCUT2D eigenvalue weighted by atomic mass is 10.2. The first-order valence-corrected chi connectivity index (χ1v) is 12.6. The number of benzene rings is 4. The van der Waals surface area contributed by atoms with E-state index in [2.05, 4.69) is 131 Å². The van der Waals surface area contributed by atoms with Gasteiger partial charge in [0, 0.05) is 5.33 Å². The molecule has 146 valence electrons.